The van der Waals surface area contributed by atoms with Gasteiger partial charge in [0.2, 0.25) is 5.91 Å². The lowest BCUT2D eigenvalue weighted by molar-refractivity contribution is -0.122. The van der Waals surface area contributed by atoms with Crippen molar-refractivity contribution in [1.29, 1.82) is 0 Å². The van der Waals surface area contributed by atoms with E-state index in [1.54, 1.807) is 18.2 Å². The Kier molecular flexibility index (Phi) is 4.74. The number of rotatable bonds is 3. The Labute approximate surface area is 122 Å². The Morgan fingerprint density at radius 2 is 2.11 bits per heavy atom. The molecule has 3 N–H and O–H groups in total. The summed E-state index contributed by atoms with van der Waals surface area (Å²) in [6.07, 6.45) is 1.47. The summed E-state index contributed by atoms with van der Waals surface area (Å²) in [7, 11) is 0. The zero-order valence-electron chi connectivity index (χ0n) is 10.3. The molecule has 0 saturated carbocycles. The monoisotopic (exact) mass is 298 g/mol. The Morgan fingerprint density at radius 3 is 2.74 bits per heavy atom. The molecule has 19 heavy (non-hydrogen) atoms. The molecule has 4 nitrogen and oxygen atoms in total. The minimum Gasteiger partial charge on any atom is -0.389 e. The highest BCUT2D eigenvalue weighted by Gasteiger charge is 2.22. The third kappa shape index (κ3) is 3.65. The smallest absolute Gasteiger partial charge is 0.227 e. The van der Waals surface area contributed by atoms with E-state index in [0.29, 0.717) is 29.5 Å². The molecule has 2 rings (SSSR count). The SMILES string of the molecule is NC(=S)c1ccc(Cl)c(NC(=O)C2CCOCC2)c1. The molecule has 102 valence electrons. The molecule has 6 heteroatoms. The maximum atomic E-state index is 12.1. The van der Waals surface area contributed by atoms with Crippen LogP contribution in [0.2, 0.25) is 5.02 Å². The van der Waals surface area contributed by atoms with E-state index in [2.05, 4.69) is 5.32 Å². The Balaban J connectivity index is 2.11. The topological polar surface area (TPSA) is 64.3 Å². The predicted molar refractivity (Wildman–Crippen MR) is 79.5 cm³/mol. The summed E-state index contributed by atoms with van der Waals surface area (Å²) < 4.78 is 5.23. The van der Waals surface area contributed by atoms with Crippen LogP contribution in [0.3, 0.4) is 0 Å². The number of hydrogen-bond acceptors (Lipinski definition) is 3. The summed E-state index contributed by atoms with van der Waals surface area (Å²) in [5.74, 6) is -0.0661. The van der Waals surface area contributed by atoms with E-state index >= 15 is 0 Å². The molecule has 1 saturated heterocycles. The van der Waals surface area contributed by atoms with Gasteiger partial charge in [0.25, 0.3) is 0 Å². The van der Waals surface area contributed by atoms with E-state index in [-0.39, 0.29) is 16.8 Å². The minimum absolute atomic E-state index is 0.0294. The molecule has 1 heterocycles. The largest absolute Gasteiger partial charge is 0.389 e. The normalized spacial score (nSPS) is 16.1. The van der Waals surface area contributed by atoms with Gasteiger partial charge in [0.05, 0.1) is 10.7 Å². The third-order valence-corrected chi connectivity index (χ3v) is 3.67. The van der Waals surface area contributed by atoms with Crippen LogP contribution in [0.5, 0.6) is 0 Å². The van der Waals surface area contributed by atoms with Crippen molar-refractivity contribution in [3.63, 3.8) is 0 Å². The zero-order chi connectivity index (χ0) is 13.8. The average molecular weight is 299 g/mol. The quantitative estimate of drug-likeness (QED) is 0.841. The first-order valence-corrected chi connectivity index (χ1v) is 6.84. The number of amides is 1. The first-order valence-electron chi connectivity index (χ1n) is 6.06. The van der Waals surface area contributed by atoms with Gasteiger partial charge in [0, 0.05) is 24.7 Å². The van der Waals surface area contributed by atoms with E-state index in [9.17, 15) is 4.79 Å². The van der Waals surface area contributed by atoms with Crippen molar-refractivity contribution in [1.82, 2.24) is 0 Å². The number of hydrogen-bond donors (Lipinski definition) is 2. The molecule has 1 fully saturated rings. The lowest BCUT2D eigenvalue weighted by atomic mass is 9.99. The third-order valence-electron chi connectivity index (χ3n) is 3.10. The van der Waals surface area contributed by atoms with Crippen molar-refractivity contribution in [3.05, 3.63) is 28.8 Å². The first kappa shape index (κ1) is 14.2. The molecule has 0 atom stereocenters. The van der Waals surface area contributed by atoms with Crippen LogP contribution in [-0.4, -0.2) is 24.1 Å². The van der Waals surface area contributed by atoms with E-state index in [1.807, 2.05) is 0 Å². The van der Waals surface area contributed by atoms with Crippen LogP contribution in [0.15, 0.2) is 18.2 Å². The van der Waals surface area contributed by atoms with Gasteiger partial charge in [-0.25, -0.2) is 0 Å². The second kappa shape index (κ2) is 6.32. The lowest BCUT2D eigenvalue weighted by Crippen LogP contribution is -2.28. The van der Waals surface area contributed by atoms with Gasteiger partial charge >= 0.3 is 0 Å². The molecule has 1 amide bonds. The molecule has 0 unspecified atom stereocenters. The number of halogens is 1. The number of anilines is 1. The fourth-order valence-electron chi connectivity index (χ4n) is 1.97. The molecule has 0 aromatic heterocycles. The van der Waals surface area contributed by atoms with Crippen molar-refractivity contribution < 1.29 is 9.53 Å². The highest BCUT2D eigenvalue weighted by atomic mass is 35.5. The van der Waals surface area contributed by atoms with Crippen LogP contribution < -0.4 is 11.1 Å². The van der Waals surface area contributed by atoms with E-state index in [1.165, 1.54) is 0 Å². The summed E-state index contributed by atoms with van der Waals surface area (Å²) in [6.45, 7) is 1.25. The van der Waals surface area contributed by atoms with Crippen LogP contribution in [-0.2, 0) is 9.53 Å². The standard InChI is InChI=1S/C13H15ClN2O2S/c14-10-2-1-9(12(15)19)7-11(10)16-13(17)8-3-5-18-6-4-8/h1-2,7-8H,3-6H2,(H2,15,19)(H,16,17). The Hall–Kier alpha value is -1.17. The molecule has 0 spiro atoms. The molecule has 1 aromatic carbocycles. The van der Waals surface area contributed by atoms with Crippen molar-refractivity contribution in [2.45, 2.75) is 12.8 Å². The number of thiocarbonyl (C=S) groups is 1. The average Bonchev–Trinajstić information content (AvgIpc) is 2.42. The van der Waals surface area contributed by atoms with Gasteiger partial charge in [-0.15, -0.1) is 0 Å². The number of carbonyl (C=O) groups is 1. The van der Waals surface area contributed by atoms with Crippen molar-refractivity contribution in [2.24, 2.45) is 11.7 Å². The summed E-state index contributed by atoms with van der Waals surface area (Å²) in [5.41, 5.74) is 6.79. The van der Waals surface area contributed by atoms with Gasteiger partial charge in [-0.05, 0) is 25.0 Å². The Bertz CT molecular complexity index is 501. The molecule has 0 aliphatic carbocycles. The summed E-state index contributed by atoms with van der Waals surface area (Å²) >= 11 is 11.0. The van der Waals surface area contributed by atoms with Gasteiger partial charge < -0.3 is 15.8 Å². The van der Waals surface area contributed by atoms with Crippen LogP contribution >= 0.6 is 23.8 Å². The molecular weight excluding hydrogens is 284 g/mol. The van der Waals surface area contributed by atoms with Gasteiger partial charge in [-0.1, -0.05) is 29.9 Å². The summed E-state index contributed by atoms with van der Waals surface area (Å²) in [5, 5.41) is 3.31. The fourth-order valence-corrected chi connectivity index (χ4v) is 2.26. The molecule has 1 aromatic rings. The zero-order valence-corrected chi connectivity index (χ0v) is 11.9. The number of carbonyl (C=O) groups excluding carboxylic acids is 1. The van der Waals surface area contributed by atoms with Gasteiger partial charge in [-0.3, -0.25) is 4.79 Å². The highest BCUT2D eigenvalue weighted by molar-refractivity contribution is 7.80. The molecular formula is C13H15ClN2O2S. The van der Waals surface area contributed by atoms with E-state index < -0.39 is 0 Å². The van der Waals surface area contributed by atoms with Gasteiger partial charge in [0.1, 0.15) is 4.99 Å². The van der Waals surface area contributed by atoms with E-state index in [0.717, 1.165) is 12.8 Å². The van der Waals surface area contributed by atoms with Crippen LogP contribution in [0.1, 0.15) is 18.4 Å². The first-order chi connectivity index (χ1) is 9.08. The van der Waals surface area contributed by atoms with Gasteiger partial charge in [-0.2, -0.15) is 0 Å². The molecule has 1 aliphatic rings. The van der Waals surface area contributed by atoms with Crippen molar-refractivity contribution in [2.75, 3.05) is 18.5 Å². The number of benzene rings is 1. The molecule has 0 radical (unpaired) electrons. The lowest BCUT2D eigenvalue weighted by Gasteiger charge is -2.21. The number of nitrogens with one attached hydrogen (secondary N) is 1. The Morgan fingerprint density at radius 1 is 1.42 bits per heavy atom. The maximum absolute atomic E-state index is 12.1. The van der Waals surface area contributed by atoms with Crippen LogP contribution in [0.25, 0.3) is 0 Å². The molecule has 1 aliphatic heterocycles. The van der Waals surface area contributed by atoms with Gasteiger partial charge in [0.15, 0.2) is 0 Å². The highest BCUT2D eigenvalue weighted by Crippen LogP contribution is 2.25. The van der Waals surface area contributed by atoms with Crippen LogP contribution in [0.4, 0.5) is 5.69 Å². The second-order valence-electron chi connectivity index (χ2n) is 4.43. The second-order valence-corrected chi connectivity index (χ2v) is 5.28. The summed E-state index contributed by atoms with van der Waals surface area (Å²) in [6, 6.07) is 5.10. The number of nitrogens with two attached hydrogens (primary N) is 1. The fraction of sp³-hybridized carbons (Fsp3) is 0.385. The van der Waals surface area contributed by atoms with Crippen LogP contribution in [0, 0.1) is 5.92 Å². The van der Waals surface area contributed by atoms with Crippen molar-refractivity contribution >= 4 is 40.4 Å². The summed E-state index contributed by atoms with van der Waals surface area (Å²) in [4.78, 5) is 12.4. The predicted octanol–water partition coefficient (Wildman–Crippen LogP) is 2.34. The van der Waals surface area contributed by atoms with E-state index in [4.69, 9.17) is 34.3 Å². The molecule has 0 bridgehead atoms. The van der Waals surface area contributed by atoms with Crippen molar-refractivity contribution in [3.8, 4) is 0 Å². The minimum atomic E-state index is -0.0368. The maximum Gasteiger partial charge on any atom is 0.227 e. The number of ether oxygens (including phenoxy) is 1.